The van der Waals surface area contributed by atoms with Crippen molar-refractivity contribution in [2.75, 3.05) is 0 Å². The van der Waals surface area contributed by atoms with Crippen molar-refractivity contribution in [3.05, 3.63) is 0 Å². The van der Waals surface area contributed by atoms with Crippen LogP contribution in [0.1, 0.15) is 13.3 Å². The first-order valence-corrected chi connectivity index (χ1v) is 3.37. The Morgan fingerprint density at radius 3 is 2.22 bits per heavy atom. The topological polar surface area (TPSA) is 26.3 Å². The van der Waals surface area contributed by atoms with Gasteiger partial charge in [0.25, 0.3) is 4.52 Å². The van der Waals surface area contributed by atoms with Crippen LogP contribution in [0.4, 0.5) is 4.79 Å². The van der Waals surface area contributed by atoms with E-state index in [1.165, 1.54) is 0 Å². The fourth-order valence-corrected chi connectivity index (χ4v) is 0.540. The molecule has 0 N–H and O–H groups in total. The maximum atomic E-state index is 9.99. The van der Waals surface area contributed by atoms with Crippen molar-refractivity contribution in [2.45, 2.75) is 17.9 Å². The number of hydrogen-bond donors (Lipinski definition) is 0. The molecule has 0 fully saturated rings. The highest BCUT2D eigenvalue weighted by Crippen LogP contribution is 2.26. The zero-order valence-electron chi connectivity index (χ0n) is 4.66. The summed E-state index contributed by atoms with van der Waals surface area (Å²) >= 11 is 15.5. The minimum Gasteiger partial charge on any atom is -0.417 e. The number of hydrogen-bond acceptors (Lipinski definition) is 2. The van der Waals surface area contributed by atoms with Crippen molar-refractivity contribution in [1.82, 2.24) is 0 Å². The largest absolute Gasteiger partial charge is 0.417 e. The van der Waals surface area contributed by atoms with Gasteiger partial charge in [-0.25, -0.2) is 4.79 Å². The van der Waals surface area contributed by atoms with Gasteiger partial charge in [0.05, 0.1) is 0 Å². The van der Waals surface area contributed by atoms with Crippen molar-refractivity contribution in [2.24, 2.45) is 0 Å². The van der Waals surface area contributed by atoms with Crippen LogP contribution in [0, 0.1) is 0 Å². The summed E-state index contributed by atoms with van der Waals surface area (Å²) in [6.07, 6.45) is 0.300. The van der Waals surface area contributed by atoms with Crippen molar-refractivity contribution < 1.29 is 9.53 Å². The number of alkyl halides is 2. The lowest BCUT2D eigenvalue weighted by molar-refractivity contribution is 0.138. The first-order chi connectivity index (χ1) is 3.98. The standard InChI is InChI=1S/C4H5Cl3O2/c1-2-4(6,7)9-3(5)8/h2H2,1H3. The zero-order valence-corrected chi connectivity index (χ0v) is 6.93. The van der Waals surface area contributed by atoms with Crippen LogP contribution in [-0.4, -0.2) is 9.95 Å². The maximum absolute atomic E-state index is 9.99. The second kappa shape index (κ2) is 3.49. The molecule has 0 aliphatic carbocycles. The van der Waals surface area contributed by atoms with Gasteiger partial charge in [-0.05, 0) is 0 Å². The fraction of sp³-hybridized carbons (Fsp3) is 0.750. The average Bonchev–Trinajstić information content (AvgIpc) is 1.63. The molecule has 0 heterocycles. The summed E-state index contributed by atoms with van der Waals surface area (Å²) in [5.74, 6) is 0. The molecule has 0 unspecified atom stereocenters. The SMILES string of the molecule is CCC(Cl)(Cl)OC(=O)Cl. The molecule has 0 aromatic rings. The van der Waals surface area contributed by atoms with Crippen LogP contribution >= 0.6 is 34.8 Å². The highest BCUT2D eigenvalue weighted by atomic mass is 35.5. The highest BCUT2D eigenvalue weighted by Gasteiger charge is 2.24. The third kappa shape index (κ3) is 4.82. The van der Waals surface area contributed by atoms with E-state index in [1.807, 2.05) is 0 Å². The highest BCUT2D eigenvalue weighted by molar-refractivity contribution is 6.62. The molecule has 0 bridgehead atoms. The maximum Gasteiger partial charge on any atom is 0.406 e. The van der Waals surface area contributed by atoms with Gasteiger partial charge >= 0.3 is 5.43 Å². The van der Waals surface area contributed by atoms with Gasteiger partial charge < -0.3 is 4.74 Å². The van der Waals surface area contributed by atoms with Crippen LogP contribution in [0.25, 0.3) is 0 Å². The van der Waals surface area contributed by atoms with Crippen LogP contribution in [0.3, 0.4) is 0 Å². The molecule has 0 aromatic carbocycles. The second-order valence-corrected chi connectivity index (χ2v) is 3.05. The van der Waals surface area contributed by atoms with Gasteiger partial charge in [0.15, 0.2) is 0 Å². The Morgan fingerprint density at radius 1 is 1.67 bits per heavy atom. The van der Waals surface area contributed by atoms with Crippen molar-refractivity contribution in [3.8, 4) is 0 Å². The molecule has 0 aliphatic rings. The molecule has 0 radical (unpaired) electrons. The molecule has 0 spiro atoms. The van der Waals surface area contributed by atoms with E-state index in [1.54, 1.807) is 6.92 Å². The quantitative estimate of drug-likeness (QED) is 0.495. The molecule has 0 aromatic heterocycles. The Kier molecular flexibility index (Phi) is 3.63. The summed E-state index contributed by atoms with van der Waals surface area (Å²) in [5.41, 5.74) is -0.998. The van der Waals surface area contributed by atoms with E-state index in [4.69, 9.17) is 34.8 Å². The monoisotopic (exact) mass is 190 g/mol. The lowest BCUT2D eigenvalue weighted by atomic mass is 10.5. The van der Waals surface area contributed by atoms with E-state index in [9.17, 15) is 4.79 Å². The first kappa shape index (κ1) is 9.34. The molecule has 0 aliphatic heterocycles. The van der Waals surface area contributed by atoms with Gasteiger partial charge in [0, 0.05) is 18.0 Å². The van der Waals surface area contributed by atoms with Gasteiger partial charge in [-0.2, -0.15) is 0 Å². The summed E-state index contributed by atoms with van der Waals surface area (Å²) < 4.78 is 2.77. The van der Waals surface area contributed by atoms with Crippen LogP contribution in [0.2, 0.25) is 0 Å². The van der Waals surface area contributed by atoms with Crippen LogP contribution < -0.4 is 0 Å². The van der Waals surface area contributed by atoms with Gasteiger partial charge in [-0.1, -0.05) is 30.1 Å². The lowest BCUT2D eigenvalue weighted by Gasteiger charge is -2.14. The van der Waals surface area contributed by atoms with E-state index in [0.717, 1.165) is 0 Å². The Morgan fingerprint density at radius 2 is 2.11 bits per heavy atom. The van der Waals surface area contributed by atoms with E-state index in [0.29, 0.717) is 6.42 Å². The third-order valence-corrected chi connectivity index (χ3v) is 1.41. The summed E-state index contributed by atoms with van der Waals surface area (Å²) in [4.78, 5) is 9.99. The zero-order chi connectivity index (χ0) is 7.49. The van der Waals surface area contributed by atoms with Crippen LogP contribution in [-0.2, 0) is 4.74 Å². The van der Waals surface area contributed by atoms with Gasteiger partial charge in [-0.15, -0.1) is 0 Å². The second-order valence-electron chi connectivity index (χ2n) is 1.33. The minimum atomic E-state index is -1.47. The van der Waals surface area contributed by atoms with Crippen molar-refractivity contribution in [1.29, 1.82) is 0 Å². The molecule has 9 heavy (non-hydrogen) atoms. The number of carbonyl (C=O) groups is 1. The van der Waals surface area contributed by atoms with Crippen molar-refractivity contribution in [3.63, 3.8) is 0 Å². The Bertz CT molecular complexity index is 112. The first-order valence-electron chi connectivity index (χ1n) is 2.24. The van der Waals surface area contributed by atoms with Crippen LogP contribution in [0.15, 0.2) is 0 Å². The van der Waals surface area contributed by atoms with E-state index >= 15 is 0 Å². The summed E-state index contributed by atoms with van der Waals surface area (Å²) in [7, 11) is 0. The summed E-state index contributed by atoms with van der Waals surface area (Å²) in [6.45, 7) is 1.67. The number of rotatable bonds is 2. The molecular formula is C4H5Cl3O2. The third-order valence-electron chi connectivity index (χ3n) is 0.641. The van der Waals surface area contributed by atoms with Gasteiger partial charge in [0.2, 0.25) is 0 Å². The Hall–Kier alpha value is 0.340. The normalized spacial score (nSPS) is 11.1. The minimum absolute atomic E-state index is 0.300. The molecular weight excluding hydrogens is 186 g/mol. The number of ether oxygens (including phenoxy) is 1. The average molecular weight is 191 g/mol. The van der Waals surface area contributed by atoms with E-state index < -0.39 is 9.95 Å². The fourth-order valence-electron chi connectivity index (χ4n) is 0.190. The Labute approximate surface area is 68.0 Å². The lowest BCUT2D eigenvalue weighted by Crippen LogP contribution is -2.17. The predicted octanol–water partition coefficient (Wildman–Crippen LogP) is 2.90. The summed E-state index contributed by atoms with van der Waals surface area (Å²) in [5, 5.41) is 0. The molecule has 5 heteroatoms. The molecule has 0 rings (SSSR count). The smallest absolute Gasteiger partial charge is 0.406 e. The van der Waals surface area contributed by atoms with Crippen molar-refractivity contribution >= 4 is 40.2 Å². The van der Waals surface area contributed by atoms with Gasteiger partial charge in [0.1, 0.15) is 0 Å². The number of carbonyl (C=O) groups excluding carboxylic acids is 1. The van der Waals surface area contributed by atoms with E-state index in [-0.39, 0.29) is 0 Å². The molecule has 0 saturated carbocycles. The molecule has 0 amide bonds. The summed E-state index contributed by atoms with van der Waals surface area (Å²) in [6, 6.07) is 0. The number of halogens is 3. The molecule has 2 nitrogen and oxygen atoms in total. The Balaban J connectivity index is 3.71. The van der Waals surface area contributed by atoms with Crippen LogP contribution in [0.5, 0.6) is 0 Å². The van der Waals surface area contributed by atoms with Gasteiger partial charge in [-0.3, -0.25) is 0 Å². The molecule has 0 atom stereocenters. The van der Waals surface area contributed by atoms with E-state index in [2.05, 4.69) is 4.74 Å². The molecule has 54 valence electrons. The predicted molar refractivity (Wildman–Crippen MR) is 37.1 cm³/mol. The molecule has 0 saturated heterocycles.